The number of benzene rings is 1. The Kier molecular flexibility index (Phi) is 6.83. The summed E-state index contributed by atoms with van der Waals surface area (Å²) >= 11 is 0. The number of carbonyl (C=O) groups excluding carboxylic acids is 2. The van der Waals surface area contributed by atoms with Crippen molar-refractivity contribution in [3.8, 4) is 11.4 Å². The first-order valence-electron chi connectivity index (χ1n) is 12.8. The Morgan fingerprint density at radius 1 is 1.22 bits per heavy atom. The van der Waals surface area contributed by atoms with Gasteiger partial charge in [0.15, 0.2) is 0 Å². The van der Waals surface area contributed by atoms with Gasteiger partial charge in [-0.15, -0.1) is 0 Å². The van der Waals surface area contributed by atoms with Gasteiger partial charge < -0.3 is 24.7 Å². The molecule has 194 valence electrons. The fraction of sp³-hybridized carbons (Fsp3) is 0.429. The molecule has 4 heterocycles. The van der Waals surface area contributed by atoms with Crippen molar-refractivity contribution >= 4 is 22.8 Å². The van der Waals surface area contributed by atoms with E-state index in [2.05, 4.69) is 10.6 Å². The number of esters is 2. The Hall–Kier alpha value is -3.56. The number of aromatic nitrogens is 2. The number of rotatable bonds is 9. The number of likely N-dealkylation sites (N-methyl/N-ethyl adjacent to an activating group) is 1. The van der Waals surface area contributed by atoms with E-state index < -0.39 is 23.6 Å². The number of para-hydroxylation sites is 1. The van der Waals surface area contributed by atoms with Crippen LogP contribution in [0.25, 0.3) is 22.3 Å². The van der Waals surface area contributed by atoms with Crippen molar-refractivity contribution in [3.05, 3.63) is 63.4 Å². The van der Waals surface area contributed by atoms with Crippen LogP contribution in [-0.2, 0) is 37.8 Å². The van der Waals surface area contributed by atoms with Crippen molar-refractivity contribution in [2.24, 2.45) is 0 Å². The second kappa shape index (κ2) is 10.1. The Morgan fingerprint density at radius 3 is 2.78 bits per heavy atom. The van der Waals surface area contributed by atoms with Crippen LogP contribution in [0.4, 0.5) is 0 Å². The molecule has 2 N–H and O–H groups in total. The summed E-state index contributed by atoms with van der Waals surface area (Å²) in [5.41, 5.74) is 1.85. The van der Waals surface area contributed by atoms with E-state index in [9.17, 15) is 14.4 Å². The third kappa shape index (κ3) is 4.22. The lowest BCUT2D eigenvalue weighted by atomic mass is 9.85. The second-order valence-corrected chi connectivity index (χ2v) is 9.62. The van der Waals surface area contributed by atoms with Gasteiger partial charge in [0, 0.05) is 16.5 Å². The Bertz CT molecular complexity index is 1430. The van der Waals surface area contributed by atoms with E-state index in [1.54, 1.807) is 24.6 Å². The molecule has 0 radical (unpaired) electrons. The molecular weight excluding hydrogens is 472 g/mol. The standard InChI is InChI=1S/C28H32N4O5/c1-4-28(37-26(34)22(30-3)11-7-8-12-29-2)20-14-23-24-18(13-17-9-5-6-10-21(17)31-24)15-32(23)25(33)19(20)16-36-27(28)35/h5-6,9-10,13-14,22,29-30H,4,7-8,11-12,15-16H2,1-3H3/t22-,28-/m0/s1. The van der Waals surface area contributed by atoms with Gasteiger partial charge in [-0.3, -0.25) is 9.59 Å². The van der Waals surface area contributed by atoms with E-state index >= 15 is 0 Å². The van der Waals surface area contributed by atoms with Crippen molar-refractivity contribution in [3.63, 3.8) is 0 Å². The van der Waals surface area contributed by atoms with E-state index in [4.69, 9.17) is 14.5 Å². The number of carbonyl (C=O) groups is 2. The Morgan fingerprint density at radius 2 is 2.03 bits per heavy atom. The third-order valence-electron chi connectivity index (χ3n) is 7.46. The van der Waals surface area contributed by atoms with Gasteiger partial charge in [0.25, 0.3) is 5.56 Å². The van der Waals surface area contributed by atoms with E-state index in [1.165, 1.54) is 0 Å². The third-order valence-corrected chi connectivity index (χ3v) is 7.46. The molecule has 5 rings (SSSR count). The molecule has 0 fully saturated rings. The molecule has 0 amide bonds. The smallest absolute Gasteiger partial charge is 0.355 e. The van der Waals surface area contributed by atoms with E-state index in [-0.39, 0.29) is 18.6 Å². The van der Waals surface area contributed by atoms with Crippen molar-refractivity contribution in [2.75, 3.05) is 20.6 Å². The number of ether oxygens (including phenoxy) is 2. The Balaban J connectivity index is 1.56. The zero-order chi connectivity index (χ0) is 26.2. The maximum atomic E-state index is 13.6. The molecule has 37 heavy (non-hydrogen) atoms. The monoisotopic (exact) mass is 504 g/mol. The fourth-order valence-corrected chi connectivity index (χ4v) is 5.36. The lowest BCUT2D eigenvalue weighted by Gasteiger charge is -2.36. The van der Waals surface area contributed by atoms with E-state index in [1.807, 2.05) is 37.4 Å². The van der Waals surface area contributed by atoms with Crippen LogP contribution in [0.1, 0.15) is 49.3 Å². The summed E-state index contributed by atoms with van der Waals surface area (Å²) in [5, 5.41) is 7.10. The maximum absolute atomic E-state index is 13.6. The molecule has 2 atom stereocenters. The average molecular weight is 505 g/mol. The van der Waals surface area contributed by atoms with Crippen LogP contribution < -0.4 is 16.2 Å². The first-order chi connectivity index (χ1) is 17.9. The van der Waals surface area contributed by atoms with Crippen molar-refractivity contribution < 1.29 is 19.1 Å². The number of cyclic esters (lactones) is 1. The first-order valence-corrected chi connectivity index (χ1v) is 12.8. The molecule has 0 unspecified atom stereocenters. The average Bonchev–Trinajstić information content (AvgIpc) is 3.27. The number of hydrogen-bond acceptors (Lipinski definition) is 8. The highest BCUT2D eigenvalue weighted by Gasteiger charge is 2.51. The molecule has 0 saturated heterocycles. The normalized spacial score (nSPS) is 18.6. The van der Waals surface area contributed by atoms with Gasteiger partial charge >= 0.3 is 11.9 Å². The maximum Gasteiger partial charge on any atom is 0.355 e. The van der Waals surface area contributed by atoms with Crippen LogP contribution in [0, 0.1) is 0 Å². The quantitative estimate of drug-likeness (QED) is 0.264. The number of pyridine rings is 2. The van der Waals surface area contributed by atoms with Gasteiger partial charge in [0.1, 0.15) is 12.6 Å². The van der Waals surface area contributed by atoms with Crippen LogP contribution in [-0.4, -0.2) is 48.2 Å². The number of nitrogens with zero attached hydrogens (tertiary/aromatic N) is 2. The summed E-state index contributed by atoms with van der Waals surface area (Å²) < 4.78 is 13.1. The lowest BCUT2D eigenvalue weighted by molar-refractivity contribution is -0.190. The van der Waals surface area contributed by atoms with Crippen molar-refractivity contribution in [1.82, 2.24) is 20.2 Å². The van der Waals surface area contributed by atoms with Gasteiger partial charge in [-0.05, 0) is 58.1 Å². The van der Waals surface area contributed by atoms with Gasteiger partial charge in [-0.2, -0.15) is 0 Å². The molecule has 2 aromatic heterocycles. The highest BCUT2D eigenvalue weighted by atomic mass is 16.6. The van der Waals surface area contributed by atoms with Crippen molar-refractivity contribution in [1.29, 1.82) is 0 Å². The zero-order valence-electron chi connectivity index (χ0n) is 21.4. The molecule has 2 aliphatic rings. The highest BCUT2D eigenvalue weighted by molar-refractivity contribution is 5.89. The summed E-state index contributed by atoms with van der Waals surface area (Å²) in [6.07, 6.45) is 2.43. The minimum Gasteiger partial charge on any atom is -0.457 e. The summed E-state index contributed by atoms with van der Waals surface area (Å²) in [6.45, 7) is 2.84. The topological polar surface area (TPSA) is 112 Å². The van der Waals surface area contributed by atoms with Crippen LogP contribution >= 0.6 is 0 Å². The second-order valence-electron chi connectivity index (χ2n) is 9.62. The van der Waals surface area contributed by atoms with Gasteiger partial charge in [0.05, 0.1) is 29.0 Å². The number of nitrogens with one attached hydrogen (secondary N) is 2. The van der Waals surface area contributed by atoms with Gasteiger partial charge in [-0.25, -0.2) is 9.78 Å². The van der Waals surface area contributed by atoms with Crippen LogP contribution in [0.3, 0.4) is 0 Å². The molecule has 0 spiro atoms. The van der Waals surface area contributed by atoms with E-state index in [0.29, 0.717) is 35.5 Å². The van der Waals surface area contributed by atoms with Gasteiger partial charge in [0.2, 0.25) is 5.60 Å². The zero-order valence-corrected chi connectivity index (χ0v) is 21.4. The van der Waals surface area contributed by atoms with Crippen LogP contribution in [0.15, 0.2) is 41.2 Å². The summed E-state index contributed by atoms with van der Waals surface area (Å²) in [4.78, 5) is 45.0. The number of fused-ring (bicyclic) bond motifs is 5. The largest absolute Gasteiger partial charge is 0.457 e. The molecule has 1 aromatic carbocycles. The Labute approximate surface area is 215 Å². The molecule has 9 heteroatoms. The summed E-state index contributed by atoms with van der Waals surface area (Å²) in [7, 11) is 3.58. The highest BCUT2D eigenvalue weighted by Crippen LogP contribution is 2.41. The molecular formula is C28H32N4O5. The number of hydrogen-bond donors (Lipinski definition) is 2. The minimum atomic E-state index is -1.70. The predicted molar refractivity (Wildman–Crippen MR) is 139 cm³/mol. The lowest BCUT2D eigenvalue weighted by Crippen LogP contribution is -2.50. The molecule has 0 bridgehead atoms. The minimum absolute atomic E-state index is 0.141. The predicted octanol–water partition coefficient (Wildman–Crippen LogP) is 2.61. The SMILES string of the molecule is CC[C@@]1(OC(=O)[C@H](CCCCNC)NC)C(=O)OCc2c1cc1n(c2=O)Cc2cc3ccccc3nc2-1. The van der Waals surface area contributed by atoms with Crippen LogP contribution in [0.5, 0.6) is 0 Å². The van der Waals surface area contributed by atoms with Crippen molar-refractivity contribution in [2.45, 2.75) is 57.4 Å². The van der Waals surface area contributed by atoms with Crippen LogP contribution in [0.2, 0.25) is 0 Å². The summed E-state index contributed by atoms with van der Waals surface area (Å²) in [6, 6.07) is 11.1. The summed E-state index contributed by atoms with van der Waals surface area (Å²) in [5.74, 6) is -1.20. The molecule has 0 aliphatic carbocycles. The first kappa shape index (κ1) is 25.1. The van der Waals surface area contributed by atoms with E-state index in [0.717, 1.165) is 35.9 Å². The molecule has 9 nitrogen and oxygen atoms in total. The number of unbranched alkanes of at least 4 members (excludes halogenated alkanes) is 1. The van der Waals surface area contributed by atoms with Gasteiger partial charge in [-0.1, -0.05) is 31.5 Å². The fourth-order valence-electron chi connectivity index (χ4n) is 5.36. The molecule has 0 saturated carbocycles. The molecule has 3 aromatic rings. The molecule has 2 aliphatic heterocycles.